The fourth-order valence-corrected chi connectivity index (χ4v) is 6.22. The van der Waals surface area contributed by atoms with Crippen molar-refractivity contribution in [2.24, 2.45) is 11.3 Å². The fourth-order valence-electron chi connectivity index (χ4n) is 5.47. The molecule has 1 spiro atoms. The lowest BCUT2D eigenvalue weighted by atomic mass is 9.90. The first-order valence-corrected chi connectivity index (χ1v) is 12.7. The average Bonchev–Trinajstić information content (AvgIpc) is 3.09. The van der Waals surface area contributed by atoms with E-state index in [9.17, 15) is 4.79 Å². The maximum Gasteiger partial charge on any atom is 0.226 e. The highest BCUT2D eigenvalue weighted by Gasteiger charge is 2.59. The number of carbonyl (C=O) groups is 1. The zero-order valence-corrected chi connectivity index (χ0v) is 19.7. The lowest BCUT2D eigenvalue weighted by Crippen LogP contribution is -2.49. The molecule has 2 aromatic heterocycles. The van der Waals surface area contributed by atoms with Crippen molar-refractivity contribution in [2.75, 3.05) is 39.3 Å². The quantitative estimate of drug-likeness (QED) is 0.747. The number of piperazine rings is 1. The molecule has 1 amide bonds. The highest BCUT2D eigenvalue weighted by Crippen LogP contribution is 2.60. The number of piperidine rings is 1. The molecule has 1 atom stereocenters. The molecule has 5 rings (SSSR count). The topological polar surface area (TPSA) is 55.5 Å². The van der Waals surface area contributed by atoms with E-state index >= 15 is 0 Å². The Kier molecular flexibility index (Phi) is 5.92. The number of nitrogens with zero attached hydrogens (tertiary/aromatic N) is 4. The number of nitrogens with one attached hydrogen (secondary N) is 1. The maximum atomic E-state index is 13.2. The van der Waals surface area contributed by atoms with Gasteiger partial charge in [0.2, 0.25) is 5.91 Å². The summed E-state index contributed by atoms with van der Waals surface area (Å²) in [6, 6.07) is 4.33. The monoisotopic (exact) mass is 441 g/mol. The number of rotatable bonds is 6. The smallest absolute Gasteiger partial charge is 0.226 e. The molecule has 1 unspecified atom stereocenters. The number of aryl methyl sites for hydroxylation is 2. The van der Waals surface area contributed by atoms with E-state index in [0.717, 1.165) is 83.9 Å². The number of hydrogen-bond donors (Lipinski definition) is 1. The van der Waals surface area contributed by atoms with Gasteiger partial charge < -0.3 is 9.88 Å². The minimum Gasteiger partial charge on any atom is -0.346 e. The number of aromatic amines is 1. The van der Waals surface area contributed by atoms with Crippen LogP contribution in [0.1, 0.15) is 48.3 Å². The SMILES string of the molecule is CCc1nc(CN2CCC3(CC2)CC3C(=O)N2CCN(Cc3cccs3)CC2)c(C)[nH]1. The Morgan fingerprint density at radius 3 is 2.55 bits per heavy atom. The summed E-state index contributed by atoms with van der Waals surface area (Å²) in [4.78, 5) is 29.9. The van der Waals surface area contributed by atoms with Gasteiger partial charge in [0, 0.05) is 62.2 Å². The normalized spacial score (nSPS) is 24.1. The molecule has 2 aliphatic heterocycles. The van der Waals surface area contributed by atoms with Gasteiger partial charge in [-0.2, -0.15) is 0 Å². The minimum absolute atomic E-state index is 0.275. The Morgan fingerprint density at radius 1 is 1.16 bits per heavy atom. The number of likely N-dealkylation sites (tertiary alicyclic amines) is 1. The van der Waals surface area contributed by atoms with Crippen LogP contribution in [0.3, 0.4) is 0 Å². The van der Waals surface area contributed by atoms with Gasteiger partial charge in [0.05, 0.1) is 5.69 Å². The molecule has 3 aliphatic rings. The first-order chi connectivity index (χ1) is 15.1. The van der Waals surface area contributed by atoms with Gasteiger partial charge in [-0.25, -0.2) is 4.98 Å². The average molecular weight is 442 g/mol. The van der Waals surface area contributed by atoms with Crippen LogP contribution in [0.2, 0.25) is 0 Å². The third-order valence-electron chi connectivity index (χ3n) is 7.73. The van der Waals surface area contributed by atoms with E-state index in [1.807, 2.05) is 11.3 Å². The molecule has 1 saturated carbocycles. The molecule has 168 valence electrons. The molecule has 0 radical (unpaired) electrons. The van der Waals surface area contributed by atoms with Crippen molar-refractivity contribution in [3.63, 3.8) is 0 Å². The predicted molar refractivity (Wildman–Crippen MR) is 124 cm³/mol. The molecule has 6 nitrogen and oxygen atoms in total. The van der Waals surface area contributed by atoms with Crippen LogP contribution in [0.5, 0.6) is 0 Å². The van der Waals surface area contributed by atoms with Crippen LogP contribution in [0.25, 0.3) is 0 Å². The zero-order chi connectivity index (χ0) is 21.4. The molecule has 4 heterocycles. The lowest BCUT2D eigenvalue weighted by molar-refractivity contribution is -0.135. The lowest BCUT2D eigenvalue weighted by Gasteiger charge is -2.36. The highest BCUT2D eigenvalue weighted by atomic mass is 32.1. The van der Waals surface area contributed by atoms with Crippen LogP contribution in [0.15, 0.2) is 17.5 Å². The first kappa shape index (κ1) is 21.2. The van der Waals surface area contributed by atoms with Gasteiger partial charge in [-0.3, -0.25) is 14.6 Å². The summed E-state index contributed by atoms with van der Waals surface area (Å²) in [6.45, 7) is 12.2. The van der Waals surface area contributed by atoms with E-state index < -0.39 is 0 Å². The summed E-state index contributed by atoms with van der Waals surface area (Å²) < 4.78 is 0. The number of thiophene rings is 1. The Balaban J connectivity index is 1.08. The zero-order valence-electron chi connectivity index (χ0n) is 18.9. The highest BCUT2D eigenvalue weighted by molar-refractivity contribution is 7.09. The van der Waals surface area contributed by atoms with Crippen molar-refractivity contribution >= 4 is 17.2 Å². The molecule has 2 aromatic rings. The third-order valence-corrected chi connectivity index (χ3v) is 8.59. The molecule has 3 fully saturated rings. The van der Waals surface area contributed by atoms with E-state index in [1.54, 1.807) is 0 Å². The van der Waals surface area contributed by atoms with Crippen molar-refractivity contribution in [3.8, 4) is 0 Å². The van der Waals surface area contributed by atoms with Gasteiger partial charge in [0.25, 0.3) is 0 Å². The van der Waals surface area contributed by atoms with Crippen molar-refractivity contribution in [1.82, 2.24) is 24.7 Å². The number of H-pyrrole nitrogens is 1. The van der Waals surface area contributed by atoms with E-state index in [-0.39, 0.29) is 11.3 Å². The summed E-state index contributed by atoms with van der Waals surface area (Å²) in [5.74, 6) is 1.79. The Bertz CT molecular complexity index is 891. The first-order valence-electron chi connectivity index (χ1n) is 11.9. The fraction of sp³-hybridized carbons (Fsp3) is 0.667. The van der Waals surface area contributed by atoms with Crippen molar-refractivity contribution in [1.29, 1.82) is 0 Å². The Labute approximate surface area is 189 Å². The maximum absolute atomic E-state index is 13.2. The van der Waals surface area contributed by atoms with Crippen molar-refractivity contribution in [2.45, 2.75) is 52.6 Å². The van der Waals surface area contributed by atoms with E-state index in [4.69, 9.17) is 4.98 Å². The number of hydrogen-bond acceptors (Lipinski definition) is 5. The summed E-state index contributed by atoms with van der Waals surface area (Å²) in [6.07, 6.45) is 4.38. The predicted octanol–water partition coefficient (Wildman–Crippen LogP) is 3.29. The number of amides is 1. The number of carbonyl (C=O) groups excluding carboxylic acids is 1. The Hall–Kier alpha value is -1.70. The summed E-state index contributed by atoms with van der Waals surface area (Å²) >= 11 is 1.82. The van der Waals surface area contributed by atoms with Gasteiger partial charge in [-0.1, -0.05) is 13.0 Å². The van der Waals surface area contributed by atoms with Gasteiger partial charge >= 0.3 is 0 Å². The van der Waals surface area contributed by atoms with Crippen molar-refractivity contribution < 1.29 is 4.79 Å². The number of imidazole rings is 1. The van der Waals surface area contributed by atoms with Crippen LogP contribution in [0, 0.1) is 18.3 Å². The molecule has 1 N–H and O–H groups in total. The molecule has 0 bridgehead atoms. The summed E-state index contributed by atoms with van der Waals surface area (Å²) in [5.41, 5.74) is 2.68. The summed E-state index contributed by atoms with van der Waals surface area (Å²) in [5, 5.41) is 2.14. The second-order valence-electron chi connectivity index (χ2n) is 9.68. The summed E-state index contributed by atoms with van der Waals surface area (Å²) in [7, 11) is 0. The molecule has 1 aliphatic carbocycles. The second-order valence-corrected chi connectivity index (χ2v) is 10.7. The van der Waals surface area contributed by atoms with Crippen LogP contribution in [-0.4, -0.2) is 69.8 Å². The van der Waals surface area contributed by atoms with Crippen molar-refractivity contribution in [3.05, 3.63) is 39.6 Å². The molecular weight excluding hydrogens is 406 g/mol. The van der Waals surface area contributed by atoms with Gasteiger partial charge in [0.1, 0.15) is 5.82 Å². The van der Waals surface area contributed by atoms with Gasteiger partial charge in [-0.15, -0.1) is 11.3 Å². The van der Waals surface area contributed by atoms with Crippen LogP contribution >= 0.6 is 11.3 Å². The van der Waals surface area contributed by atoms with Gasteiger partial charge in [-0.05, 0) is 56.1 Å². The largest absolute Gasteiger partial charge is 0.346 e. The van der Waals surface area contributed by atoms with Gasteiger partial charge in [0.15, 0.2) is 0 Å². The van der Waals surface area contributed by atoms with E-state index in [2.05, 4.69) is 51.0 Å². The minimum atomic E-state index is 0.275. The van der Waals surface area contributed by atoms with Crippen LogP contribution in [0.4, 0.5) is 0 Å². The van der Waals surface area contributed by atoms with Crippen LogP contribution in [-0.2, 0) is 24.3 Å². The molecule has 0 aromatic carbocycles. The van der Waals surface area contributed by atoms with E-state index in [0.29, 0.717) is 5.91 Å². The third kappa shape index (κ3) is 4.45. The molecular formula is C24H35N5OS. The standard InChI is InChI=1S/C24H35N5OS/c1-3-22-25-18(2)21(26-22)17-27-8-6-24(7-9-27)15-20(24)23(30)29-12-10-28(11-13-29)16-19-5-4-14-31-19/h4-5,14,20H,3,6-13,15-17H2,1-2H3,(H,25,26). The molecule has 31 heavy (non-hydrogen) atoms. The van der Waals surface area contributed by atoms with Crippen LogP contribution < -0.4 is 0 Å². The number of aromatic nitrogens is 2. The Morgan fingerprint density at radius 2 is 1.90 bits per heavy atom. The second kappa shape index (κ2) is 8.68. The van der Waals surface area contributed by atoms with E-state index in [1.165, 1.54) is 16.3 Å². The molecule has 2 saturated heterocycles. The molecule has 7 heteroatoms.